The monoisotopic (exact) mass is 620 g/mol. The van der Waals surface area contributed by atoms with Crippen molar-refractivity contribution >= 4 is 8.32 Å². The van der Waals surface area contributed by atoms with E-state index in [1.807, 2.05) is 54.6 Å². The summed E-state index contributed by atoms with van der Waals surface area (Å²) in [5, 5.41) is 0. The quantitative estimate of drug-likeness (QED) is 0.150. The maximum absolute atomic E-state index is 7.09. The smallest absolute Gasteiger partial charge is 0.200 e. The fourth-order valence-electron chi connectivity index (χ4n) is 6.80. The lowest BCUT2D eigenvalue weighted by Crippen LogP contribution is -2.62. The molecule has 0 aliphatic carbocycles. The van der Waals surface area contributed by atoms with Gasteiger partial charge in [0.15, 0.2) is 14.6 Å². The molecule has 3 aromatic rings. The van der Waals surface area contributed by atoms with E-state index in [4.69, 9.17) is 28.1 Å². The first kappa shape index (κ1) is 34.5. The Morgan fingerprint density at radius 2 is 0.955 bits per heavy atom. The van der Waals surface area contributed by atoms with Crippen LogP contribution < -0.4 is 0 Å². The summed E-state index contributed by atoms with van der Waals surface area (Å²) in [6.07, 6.45) is -2.52. The van der Waals surface area contributed by atoms with Crippen molar-refractivity contribution in [1.29, 1.82) is 0 Å². The highest BCUT2D eigenvalue weighted by atomic mass is 28.4. The molecule has 44 heavy (non-hydrogen) atoms. The molecule has 1 aliphatic heterocycles. The molecular weight excluding hydrogens is 568 g/mol. The molecule has 1 aliphatic rings. The first-order valence-corrected chi connectivity index (χ1v) is 18.2. The predicted octanol–water partition coefficient (Wildman–Crippen LogP) is 8.31. The Labute approximate surface area is 266 Å². The van der Waals surface area contributed by atoms with E-state index in [1.54, 1.807) is 7.11 Å². The summed E-state index contributed by atoms with van der Waals surface area (Å²) >= 11 is 0. The average molecular weight is 621 g/mol. The van der Waals surface area contributed by atoms with Gasteiger partial charge in [-0.1, -0.05) is 133 Å². The minimum Gasteiger partial charge on any atom is -0.413 e. The lowest BCUT2D eigenvalue weighted by atomic mass is 9.98. The third-order valence-electron chi connectivity index (χ3n) is 8.88. The van der Waals surface area contributed by atoms with Gasteiger partial charge in [-0.3, -0.25) is 0 Å². The van der Waals surface area contributed by atoms with Crippen molar-refractivity contribution in [3.63, 3.8) is 0 Å². The maximum atomic E-state index is 7.09. The van der Waals surface area contributed by atoms with E-state index < -0.39 is 39.0 Å². The number of hydrogen-bond donors (Lipinski definition) is 0. The molecule has 240 valence electrons. The van der Waals surface area contributed by atoms with Crippen molar-refractivity contribution in [2.24, 2.45) is 0 Å². The van der Waals surface area contributed by atoms with Crippen molar-refractivity contribution in [3.8, 4) is 0 Å². The van der Waals surface area contributed by atoms with Crippen molar-refractivity contribution in [2.45, 2.75) is 109 Å². The lowest BCUT2D eigenvalue weighted by molar-refractivity contribution is -0.321. The number of hydrogen-bond acceptors (Lipinski definition) is 6. The summed E-state index contributed by atoms with van der Waals surface area (Å²) < 4.78 is 39.8. The maximum Gasteiger partial charge on any atom is 0.200 e. The number of methoxy groups -OCH3 is 1. The van der Waals surface area contributed by atoms with Gasteiger partial charge in [0.05, 0.1) is 26.4 Å². The van der Waals surface area contributed by atoms with Gasteiger partial charge in [-0.15, -0.1) is 0 Å². The van der Waals surface area contributed by atoms with E-state index in [1.165, 1.54) is 0 Å². The highest BCUT2D eigenvalue weighted by molar-refractivity contribution is 6.77. The second-order valence-corrected chi connectivity index (χ2v) is 18.2. The first-order valence-electron chi connectivity index (χ1n) is 16.0. The Morgan fingerprint density at radius 3 is 1.34 bits per heavy atom. The Kier molecular flexibility index (Phi) is 13.2. The van der Waals surface area contributed by atoms with E-state index in [0.29, 0.717) is 43.1 Å². The number of benzene rings is 3. The van der Waals surface area contributed by atoms with Crippen molar-refractivity contribution in [3.05, 3.63) is 108 Å². The number of rotatable bonds is 16. The van der Waals surface area contributed by atoms with E-state index in [9.17, 15) is 0 Å². The highest BCUT2D eigenvalue weighted by Gasteiger charge is 2.51. The van der Waals surface area contributed by atoms with Crippen LogP contribution in [0, 0.1) is 0 Å². The topological polar surface area (TPSA) is 55.4 Å². The normalized spacial score (nSPS) is 22.6. The molecule has 5 atom stereocenters. The van der Waals surface area contributed by atoms with Gasteiger partial charge >= 0.3 is 0 Å². The van der Waals surface area contributed by atoms with Crippen molar-refractivity contribution < 1.29 is 28.1 Å². The molecule has 0 N–H and O–H groups in total. The standard InChI is InChI=1S/C37H52O6Si/c1-27(2)44(28(3)4,29(5)6)42-26-33-34(39-23-30-17-11-8-12-18-30)35(40-24-31-19-13-9-14-20-31)36(37(38-7)43-33)41-25-32-21-15-10-16-22-32/h8-22,27-29,33-37H,23-26H2,1-7H3/t33?,34-,35-,36?,37+/m1/s1. The molecule has 1 saturated heterocycles. The molecule has 4 rings (SSSR count). The highest BCUT2D eigenvalue weighted by Crippen LogP contribution is 2.43. The van der Waals surface area contributed by atoms with E-state index in [-0.39, 0.29) is 0 Å². The van der Waals surface area contributed by atoms with Crippen LogP contribution in [-0.4, -0.2) is 52.7 Å². The van der Waals surface area contributed by atoms with Crippen LogP contribution in [0.2, 0.25) is 16.6 Å². The zero-order chi connectivity index (χ0) is 31.5. The largest absolute Gasteiger partial charge is 0.413 e. The Hall–Kier alpha value is -2.36. The van der Waals surface area contributed by atoms with Gasteiger partial charge in [0.1, 0.15) is 24.4 Å². The molecule has 0 amide bonds. The molecular formula is C37H52O6Si. The molecule has 0 radical (unpaired) electrons. The van der Waals surface area contributed by atoms with Crippen LogP contribution in [-0.2, 0) is 47.9 Å². The minimum absolute atomic E-state index is 0.399. The van der Waals surface area contributed by atoms with Crippen LogP contribution in [0.25, 0.3) is 0 Å². The molecule has 6 nitrogen and oxygen atoms in total. The second-order valence-electron chi connectivity index (χ2n) is 12.7. The predicted molar refractivity (Wildman–Crippen MR) is 178 cm³/mol. The fourth-order valence-corrected chi connectivity index (χ4v) is 12.2. The zero-order valence-corrected chi connectivity index (χ0v) is 28.6. The average Bonchev–Trinajstić information content (AvgIpc) is 3.03. The minimum atomic E-state index is -2.18. The molecule has 0 spiro atoms. The van der Waals surface area contributed by atoms with Gasteiger partial charge in [-0.05, 0) is 33.3 Å². The van der Waals surface area contributed by atoms with Crippen LogP contribution >= 0.6 is 0 Å². The third kappa shape index (κ3) is 8.66. The first-order chi connectivity index (χ1) is 21.3. The molecule has 0 aromatic heterocycles. The van der Waals surface area contributed by atoms with E-state index in [0.717, 1.165) is 16.7 Å². The van der Waals surface area contributed by atoms with Gasteiger partial charge in [0.25, 0.3) is 0 Å². The fraction of sp³-hybridized carbons (Fsp3) is 0.514. The summed E-state index contributed by atoms with van der Waals surface area (Å²) in [7, 11) is -0.515. The van der Waals surface area contributed by atoms with Gasteiger partial charge in [0.2, 0.25) is 0 Å². The summed E-state index contributed by atoms with van der Waals surface area (Å²) in [5.74, 6) is 0. The molecule has 0 saturated carbocycles. The van der Waals surface area contributed by atoms with Crippen LogP contribution in [0.4, 0.5) is 0 Å². The van der Waals surface area contributed by atoms with Crippen LogP contribution in [0.3, 0.4) is 0 Å². The number of ether oxygens (including phenoxy) is 5. The van der Waals surface area contributed by atoms with Crippen molar-refractivity contribution in [2.75, 3.05) is 13.7 Å². The van der Waals surface area contributed by atoms with E-state index >= 15 is 0 Å². The molecule has 1 fully saturated rings. The zero-order valence-electron chi connectivity index (χ0n) is 27.6. The van der Waals surface area contributed by atoms with Gasteiger partial charge in [-0.25, -0.2) is 0 Å². The molecule has 0 bridgehead atoms. The van der Waals surface area contributed by atoms with Crippen LogP contribution in [0.5, 0.6) is 0 Å². The van der Waals surface area contributed by atoms with E-state index in [2.05, 4.69) is 77.9 Å². The molecule has 7 heteroatoms. The second kappa shape index (κ2) is 16.8. The lowest BCUT2D eigenvalue weighted by Gasteiger charge is -2.48. The van der Waals surface area contributed by atoms with Gasteiger partial charge in [0, 0.05) is 7.11 Å². The van der Waals surface area contributed by atoms with Gasteiger partial charge < -0.3 is 28.1 Å². The molecule has 1 heterocycles. The summed E-state index contributed by atoms with van der Waals surface area (Å²) in [6, 6.07) is 30.6. The Balaban J connectivity index is 1.67. The SMILES string of the molecule is CO[C@H]1OC(CO[Si](C(C)C)(C(C)C)C(C)C)[C@@H](OCc2ccccc2)[C@@H](OCc2ccccc2)C1OCc1ccccc1. The molecule has 2 unspecified atom stereocenters. The summed E-state index contributed by atoms with van der Waals surface area (Å²) in [4.78, 5) is 0. The van der Waals surface area contributed by atoms with Crippen molar-refractivity contribution in [1.82, 2.24) is 0 Å². The van der Waals surface area contributed by atoms with Gasteiger partial charge in [-0.2, -0.15) is 0 Å². The van der Waals surface area contributed by atoms with Crippen LogP contribution in [0.1, 0.15) is 58.2 Å². The summed E-state index contributed by atoms with van der Waals surface area (Å²) in [6.45, 7) is 15.4. The molecule has 3 aromatic carbocycles. The van der Waals surface area contributed by atoms with Crippen LogP contribution in [0.15, 0.2) is 91.0 Å². The third-order valence-corrected chi connectivity index (χ3v) is 15.0. The summed E-state index contributed by atoms with van der Waals surface area (Å²) in [5.41, 5.74) is 4.56. The Bertz CT molecular complexity index is 1180. The Morgan fingerprint density at radius 1 is 0.568 bits per heavy atom.